The summed E-state index contributed by atoms with van der Waals surface area (Å²) in [5.41, 5.74) is 0. The van der Waals surface area contributed by atoms with Gasteiger partial charge in [0.05, 0.1) is 46.0 Å². The molecule has 0 aliphatic heterocycles. The number of hydrogen-bond donors (Lipinski definition) is 2. The van der Waals surface area contributed by atoms with Gasteiger partial charge in [-0.25, -0.2) is 25.3 Å². The molecule has 0 heterocycles. The van der Waals surface area contributed by atoms with Crippen molar-refractivity contribution in [3.63, 3.8) is 0 Å². The van der Waals surface area contributed by atoms with E-state index < -0.39 is 29.5 Å². The molecule has 0 radical (unpaired) electrons. The van der Waals surface area contributed by atoms with E-state index in [9.17, 15) is 35.5 Å². The van der Waals surface area contributed by atoms with E-state index in [1.165, 1.54) is 84.9 Å². The molecule has 0 aromatic heterocycles. The molecular weight excluding hydrogens is 865 g/mol. The molecule has 0 saturated carbocycles. The maximum absolute atomic E-state index is 13.3. The van der Waals surface area contributed by atoms with Gasteiger partial charge in [-0.05, 0) is 173 Å². The molecule has 0 amide bonds. The highest BCUT2D eigenvalue weighted by Gasteiger charge is 2.24. The highest BCUT2D eigenvalue weighted by atomic mass is 32.2. The molecule has 0 aliphatic rings. The monoisotopic (exact) mass is 914 g/mol. The summed E-state index contributed by atoms with van der Waals surface area (Å²) in [4.78, 5) is 0.566. The van der Waals surface area contributed by atoms with E-state index in [2.05, 4.69) is 0 Å². The molecular formula is C48H50O12S3. The van der Waals surface area contributed by atoms with Crippen LogP contribution in [-0.4, -0.2) is 61.9 Å². The summed E-state index contributed by atoms with van der Waals surface area (Å²) in [7, 11) is -11.4. The number of rotatable bonds is 24. The summed E-state index contributed by atoms with van der Waals surface area (Å²) >= 11 is 0. The summed E-state index contributed by atoms with van der Waals surface area (Å²) < 4.78 is 103. The second-order valence-electron chi connectivity index (χ2n) is 14.6. The molecule has 63 heavy (non-hydrogen) atoms. The Morgan fingerprint density at radius 1 is 0.317 bits per heavy atom. The minimum absolute atomic E-state index is 0.0189. The van der Waals surface area contributed by atoms with Crippen LogP contribution in [0.3, 0.4) is 0 Å². The Morgan fingerprint density at radius 3 is 0.952 bits per heavy atom. The zero-order chi connectivity index (χ0) is 44.7. The number of aromatic hydroxyl groups is 2. The van der Waals surface area contributed by atoms with Crippen molar-refractivity contribution < 1.29 is 54.4 Å². The molecule has 0 unspecified atom stereocenters. The first-order valence-corrected chi connectivity index (χ1v) is 25.0. The summed E-state index contributed by atoms with van der Waals surface area (Å²) in [5, 5.41) is 19.1. The SMILES string of the molecule is O=S(=O)(c1ccc(OCCCCCCOc2ccccc2S(=O)(=O)c2ccc(O)cc2)cc1)c1ccc(OCCCCCCOc2ccccc2S(=O)(=O)c2ccc(O)cc2)cc1. The lowest BCUT2D eigenvalue weighted by atomic mass is 10.2. The number of para-hydroxylation sites is 2. The fraction of sp³-hybridized carbons (Fsp3) is 0.250. The van der Waals surface area contributed by atoms with Gasteiger partial charge in [0, 0.05) is 0 Å². The van der Waals surface area contributed by atoms with Crippen molar-refractivity contribution in [1.82, 2.24) is 0 Å². The number of ether oxygens (including phenoxy) is 4. The molecule has 6 aromatic carbocycles. The smallest absolute Gasteiger partial charge is 0.210 e. The third-order valence-electron chi connectivity index (χ3n) is 9.97. The number of hydrogen-bond acceptors (Lipinski definition) is 12. The standard InChI is InChI=1S/C48H50O12S3/c49-37-17-25-43(26-18-37)62(53,54)47-15-7-5-13-45(47)59-35-11-3-1-9-33-57-39-21-29-41(30-22-39)61(51,52)42-31-23-40(24-32-42)58-34-10-2-4-12-36-60-46-14-6-8-16-48(46)63(55,56)44-27-19-38(50)20-28-44/h5-8,13-32,49-50H,1-4,9-12,33-36H2. The van der Waals surface area contributed by atoms with E-state index in [0.29, 0.717) is 50.8 Å². The Hall–Kier alpha value is -6.03. The lowest BCUT2D eigenvalue weighted by molar-refractivity contribution is 0.283. The first-order chi connectivity index (χ1) is 30.4. The van der Waals surface area contributed by atoms with Gasteiger partial charge in [0.1, 0.15) is 44.3 Å². The van der Waals surface area contributed by atoms with E-state index in [1.807, 2.05) is 0 Å². The topological polar surface area (TPSA) is 180 Å². The second kappa shape index (κ2) is 21.9. The summed E-state index contributed by atoms with van der Waals surface area (Å²) in [6.07, 6.45) is 6.36. The van der Waals surface area contributed by atoms with Gasteiger partial charge in [0.15, 0.2) is 0 Å². The van der Waals surface area contributed by atoms with Crippen LogP contribution in [0.1, 0.15) is 51.4 Å². The van der Waals surface area contributed by atoms with Crippen LogP contribution >= 0.6 is 0 Å². The minimum atomic E-state index is -3.82. The van der Waals surface area contributed by atoms with Crippen LogP contribution in [0.25, 0.3) is 0 Å². The normalized spacial score (nSPS) is 11.8. The van der Waals surface area contributed by atoms with Crippen molar-refractivity contribution in [2.75, 3.05) is 26.4 Å². The number of benzene rings is 6. The van der Waals surface area contributed by atoms with E-state index >= 15 is 0 Å². The molecule has 12 nitrogen and oxygen atoms in total. The summed E-state index contributed by atoms with van der Waals surface area (Å²) in [5.74, 6) is 1.63. The zero-order valence-electron chi connectivity index (χ0n) is 34.5. The third-order valence-corrected chi connectivity index (χ3v) is 15.4. The second-order valence-corrected chi connectivity index (χ2v) is 20.3. The van der Waals surface area contributed by atoms with Gasteiger partial charge in [-0.1, -0.05) is 24.3 Å². The number of sulfone groups is 3. The Kier molecular flexibility index (Phi) is 16.1. The molecule has 0 fully saturated rings. The molecule has 0 bridgehead atoms. The van der Waals surface area contributed by atoms with Crippen LogP contribution in [0.5, 0.6) is 34.5 Å². The average molecular weight is 915 g/mol. The quantitative estimate of drug-likeness (QED) is 0.0550. The molecule has 6 aromatic rings. The molecule has 0 saturated heterocycles. The predicted molar refractivity (Wildman–Crippen MR) is 237 cm³/mol. The Morgan fingerprint density at radius 2 is 0.603 bits per heavy atom. The van der Waals surface area contributed by atoms with E-state index in [0.717, 1.165) is 38.5 Å². The highest BCUT2D eigenvalue weighted by molar-refractivity contribution is 7.92. The predicted octanol–water partition coefficient (Wildman–Crippen LogP) is 9.63. The van der Waals surface area contributed by atoms with Gasteiger partial charge in [-0.3, -0.25) is 0 Å². The molecule has 6 rings (SSSR count). The van der Waals surface area contributed by atoms with Gasteiger partial charge < -0.3 is 29.2 Å². The van der Waals surface area contributed by atoms with Gasteiger partial charge >= 0.3 is 0 Å². The Balaban J connectivity index is 0.846. The number of phenols is 2. The van der Waals surface area contributed by atoms with Crippen molar-refractivity contribution in [1.29, 1.82) is 0 Å². The van der Waals surface area contributed by atoms with Crippen molar-refractivity contribution in [2.45, 2.75) is 80.7 Å². The number of unbranched alkanes of at least 4 members (excludes halogenated alkanes) is 6. The highest BCUT2D eigenvalue weighted by Crippen LogP contribution is 2.32. The lowest BCUT2D eigenvalue weighted by Crippen LogP contribution is -2.06. The zero-order valence-corrected chi connectivity index (χ0v) is 37.0. The maximum Gasteiger partial charge on any atom is 0.210 e. The van der Waals surface area contributed by atoms with Gasteiger partial charge in [-0.2, -0.15) is 0 Å². The van der Waals surface area contributed by atoms with Crippen LogP contribution in [0.15, 0.2) is 175 Å². The van der Waals surface area contributed by atoms with Gasteiger partial charge in [-0.15, -0.1) is 0 Å². The summed E-state index contributed by atoms with van der Waals surface area (Å²) in [6, 6.07) is 36.4. The molecule has 15 heteroatoms. The molecule has 332 valence electrons. The first-order valence-electron chi connectivity index (χ1n) is 20.6. The Labute approximate surface area is 369 Å². The van der Waals surface area contributed by atoms with Crippen LogP contribution in [0.2, 0.25) is 0 Å². The van der Waals surface area contributed by atoms with Crippen molar-refractivity contribution >= 4 is 29.5 Å². The van der Waals surface area contributed by atoms with Crippen molar-refractivity contribution in [3.05, 3.63) is 146 Å². The molecule has 0 atom stereocenters. The van der Waals surface area contributed by atoms with Crippen LogP contribution in [0.4, 0.5) is 0 Å². The fourth-order valence-electron chi connectivity index (χ4n) is 6.51. The van der Waals surface area contributed by atoms with Crippen LogP contribution < -0.4 is 18.9 Å². The molecule has 2 N–H and O–H groups in total. The molecule has 0 spiro atoms. The Bertz CT molecular complexity index is 2540. The molecule has 0 aliphatic carbocycles. The minimum Gasteiger partial charge on any atom is -0.508 e. The van der Waals surface area contributed by atoms with Crippen molar-refractivity contribution in [3.8, 4) is 34.5 Å². The average Bonchev–Trinajstić information content (AvgIpc) is 3.29. The largest absolute Gasteiger partial charge is 0.508 e. The van der Waals surface area contributed by atoms with E-state index in [-0.39, 0.29) is 52.4 Å². The van der Waals surface area contributed by atoms with E-state index in [4.69, 9.17) is 18.9 Å². The van der Waals surface area contributed by atoms with Gasteiger partial charge in [0.2, 0.25) is 29.5 Å². The van der Waals surface area contributed by atoms with Gasteiger partial charge in [0.25, 0.3) is 0 Å². The fourth-order valence-corrected chi connectivity index (χ4v) is 10.6. The first kappa shape index (κ1) is 46.5. The van der Waals surface area contributed by atoms with Crippen LogP contribution in [0, 0.1) is 0 Å². The van der Waals surface area contributed by atoms with Crippen LogP contribution in [-0.2, 0) is 29.5 Å². The maximum atomic E-state index is 13.3. The summed E-state index contributed by atoms with van der Waals surface area (Å²) in [6.45, 7) is 1.58. The number of phenolic OH excluding ortho intramolecular Hbond substituents is 2. The van der Waals surface area contributed by atoms with Crippen molar-refractivity contribution in [2.24, 2.45) is 0 Å². The third kappa shape index (κ3) is 12.6. The van der Waals surface area contributed by atoms with E-state index in [1.54, 1.807) is 60.7 Å². The lowest BCUT2D eigenvalue weighted by Gasteiger charge is -2.12.